The summed E-state index contributed by atoms with van der Waals surface area (Å²) in [5, 5.41) is 0.767. The Labute approximate surface area is 132 Å². The van der Waals surface area contributed by atoms with Crippen LogP contribution in [0.2, 0.25) is 5.02 Å². The first kappa shape index (κ1) is 15.1. The molecule has 1 aliphatic carbocycles. The van der Waals surface area contributed by atoms with Gasteiger partial charge in [0, 0.05) is 28.7 Å². The summed E-state index contributed by atoms with van der Waals surface area (Å²) in [4.78, 5) is 2.47. The third-order valence-electron chi connectivity index (χ3n) is 4.80. The van der Waals surface area contributed by atoms with E-state index in [-0.39, 0.29) is 0 Å². The summed E-state index contributed by atoms with van der Waals surface area (Å²) in [7, 11) is 2.22. The van der Waals surface area contributed by atoms with Gasteiger partial charge in [-0.2, -0.15) is 0 Å². The lowest BCUT2D eigenvalue weighted by atomic mass is 9.85. The van der Waals surface area contributed by atoms with E-state index in [2.05, 4.69) is 18.9 Å². The Bertz CT molecular complexity index is 506. The molecule has 0 radical (unpaired) electrons. The van der Waals surface area contributed by atoms with Crippen LogP contribution in [0.25, 0.3) is 0 Å². The van der Waals surface area contributed by atoms with Gasteiger partial charge in [0.2, 0.25) is 0 Å². The lowest BCUT2D eigenvalue weighted by molar-refractivity contribution is -0.0176. The second kappa shape index (κ2) is 6.55. The molecule has 3 nitrogen and oxygen atoms in total. The minimum atomic E-state index is 0.338. The fourth-order valence-electron chi connectivity index (χ4n) is 3.71. The van der Waals surface area contributed by atoms with E-state index in [9.17, 15) is 0 Å². The van der Waals surface area contributed by atoms with Crippen molar-refractivity contribution in [2.75, 3.05) is 13.8 Å². The standard InChI is InChI=1S/C17H24ClNO2/c1-12-5-3-4-6-16(12)19(2)9-13-7-15(18)8-14-10-20-11-21-17(13)14/h7-8,12,16H,3-6,9-11H2,1-2H3. The molecule has 0 bridgehead atoms. The SMILES string of the molecule is CC1CCCCC1N(C)Cc1cc(Cl)cc2c1OCOC2. The summed E-state index contributed by atoms with van der Waals surface area (Å²) in [5.74, 6) is 1.74. The van der Waals surface area contributed by atoms with Crippen molar-refractivity contribution in [2.24, 2.45) is 5.92 Å². The zero-order valence-corrected chi connectivity index (χ0v) is 13.7. The third kappa shape index (κ3) is 3.36. The Morgan fingerprint density at radius 2 is 2.10 bits per heavy atom. The zero-order valence-electron chi connectivity index (χ0n) is 12.9. The quantitative estimate of drug-likeness (QED) is 0.834. The number of hydrogen-bond acceptors (Lipinski definition) is 3. The van der Waals surface area contributed by atoms with Gasteiger partial charge in [0.05, 0.1) is 6.61 Å². The first-order valence-corrected chi connectivity index (χ1v) is 8.25. The van der Waals surface area contributed by atoms with Crippen molar-refractivity contribution in [3.8, 4) is 5.75 Å². The van der Waals surface area contributed by atoms with Gasteiger partial charge < -0.3 is 9.47 Å². The minimum absolute atomic E-state index is 0.338. The second-order valence-corrected chi connectivity index (χ2v) is 6.84. The van der Waals surface area contributed by atoms with Crippen LogP contribution >= 0.6 is 11.6 Å². The van der Waals surface area contributed by atoms with Crippen LogP contribution in [0.5, 0.6) is 5.75 Å². The number of benzene rings is 1. The van der Waals surface area contributed by atoms with E-state index < -0.39 is 0 Å². The largest absolute Gasteiger partial charge is 0.467 e. The highest BCUT2D eigenvalue weighted by Gasteiger charge is 2.26. The molecule has 1 aromatic rings. The van der Waals surface area contributed by atoms with Crippen LogP contribution in [0.4, 0.5) is 0 Å². The van der Waals surface area contributed by atoms with Gasteiger partial charge >= 0.3 is 0 Å². The Morgan fingerprint density at radius 3 is 2.90 bits per heavy atom. The highest BCUT2D eigenvalue weighted by atomic mass is 35.5. The minimum Gasteiger partial charge on any atom is -0.467 e. The molecule has 1 aromatic carbocycles. The van der Waals surface area contributed by atoms with E-state index in [1.165, 1.54) is 31.2 Å². The molecule has 0 spiro atoms. The Kier molecular flexibility index (Phi) is 4.72. The summed E-state index contributed by atoms with van der Waals surface area (Å²) in [5.41, 5.74) is 2.25. The van der Waals surface area contributed by atoms with Crippen molar-refractivity contribution in [1.29, 1.82) is 0 Å². The molecule has 4 heteroatoms. The first-order valence-electron chi connectivity index (χ1n) is 7.87. The highest BCUT2D eigenvalue weighted by Crippen LogP contribution is 2.34. The molecule has 116 valence electrons. The molecule has 3 rings (SSSR count). The topological polar surface area (TPSA) is 21.7 Å². The third-order valence-corrected chi connectivity index (χ3v) is 5.02. The average Bonchev–Trinajstić information content (AvgIpc) is 2.47. The monoisotopic (exact) mass is 309 g/mol. The molecule has 2 unspecified atom stereocenters. The summed E-state index contributed by atoms with van der Waals surface area (Å²) in [6.45, 7) is 4.19. The van der Waals surface area contributed by atoms with Crippen molar-refractivity contribution >= 4 is 11.6 Å². The van der Waals surface area contributed by atoms with E-state index in [4.69, 9.17) is 21.1 Å². The van der Waals surface area contributed by atoms with Crippen LogP contribution in [0.3, 0.4) is 0 Å². The van der Waals surface area contributed by atoms with Gasteiger partial charge in [-0.05, 0) is 37.9 Å². The van der Waals surface area contributed by atoms with E-state index in [1.54, 1.807) is 0 Å². The molecule has 1 saturated carbocycles. The first-order chi connectivity index (χ1) is 10.1. The molecule has 0 aromatic heterocycles. The van der Waals surface area contributed by atoms with Gasteiger partial charge in [0.1, 0.15) is 5.75 Å². The predicted molar refractivity (Wildman–Crippen MR) is 84.6 cm³/mol. The number of fused-ring (bicyclic) bond motifs is 1. The summed E-state index contributed by atoms with van der Waals surface area (Å²) >= 11 is 6.25. The van der Waals surface area contributed by atoms with Gasteiger partial charge in [-0.15, -0.1) is 0 Å². The molecule has 0 N–H and O–H groups in total. The normalized spacial score (nSPS) is 25.5. The van der Waals surface area contributed by atoms with Gasteiger partial charge in [-0.3, -0.25) is 4.90 Å². The number of nitrogens with zero attached hydrogens (tertiary/aromatic N) is 1. The lowest BCUT2D eigenvalue weighted by Gasteiger charge is -2.36. The predicted octanol–water partition coefficient (Wildman–Crippen LogP) is 4.22. The van der Waals surface area contributed by atoms with Gasteiger partial charge in [0.15, 0.2) is 6.79 Å². The van der Waals surface area contributed by atoms with Crippen molar-refractivity contribution in [3.05, 3.63) is 28.3 Å². The highest BCUT2D eigenvalue weighted by molar-refractivity contribution is 6.30. The molecule has 0 saturated heterocycles. The Balaban J connectivity index is 1.79. The van der Waals surface area contributed by atoms with Gasteiger partial charge in [-0.25, -0.2) is 0 Å². The zero-order chi connectivity index (χ0) is 14.8. The molecule has 0 amide bonds. The van der Waals surface area contributed by atoms with E-state index >= 15 is 0 Å². The molecule has 1 aliphatic heterocycles. The fraction of sp³-hybridized carbons (Fsp3) is 0.647. The van der Waals surface area contributed by atoms with Crippen LogP contribution < -0.4 is 4.74 Å². The van der Waals surface area contributed by atoms with E-state index in [1.807, 2.05) is 12.1 Å². The summed E-state index contributed by atoms with van der Waals surface area (Å²) in [6, 6.07) is 4.64. The maximum atomic E-state index is 6.25. The summed E-state index contributed by atoms with van der Waals surface area (Å²) < 4.78 is 11.1. The molecule has 1 heterocycles. The number of hydrogen-bond donors (Lipinski definition) is 0. The van der Waals surface area contributed by atoms with Crippen molar-refractivity contribution in [2.45, 2.75) is 51.8 Å². The van der Waals surface area contributed by atoms with E-state index in [0.29, 0.717) is 19.4 Å². The number of rotatable bonds is 3. The van der Waals surface area contributed by atoms with Gasteiger partial charge in [0.25, 0.3) is 0 Å². The van der Waals surface area contributed by atoms with Crippen LogP contribution in [-0.2, 0) is 17.9 Å². The number of ether oxygens (including phenoxy) is 2. The van der Waals surface area contributed by atoms with Crippen molar-refractivity contribution in [1.82, 2.24) is 4.90 Å². The second-order valence-electron chi connectivity index (χ2n) is 6.41. The molecule has 1 fully saturated rings. The van der Waals surface area contributed by atoms with E-state index in [0.717, 1.165) is 28.8 Å². The molecular weight excluding hydrogens is 286 g/mol. The molecular formula is C17H24ClNO2. The Morgan fingerprint density at radius 1 is 1.29 bits per heavy atom. The summed E-state index contributed by atoms with van der Waals surface area (Å²) in [6.07, 6.45) is 5.35. The average molecular weight is 310 g/mol. The molecule has 21 heavy (non-hydrogen) atoms. The maximum absolute atomic E-state index is 6.25. The molecule has 2 atom stereocenters. The van der Waals surface area contributed by atoms with Crippen LogP contribution in [-0.4, -0.2) is 24.8 Å². The lowest BCUT2D eigenvalue weighted by Crippen LogP contribution is -2.38. The van der Waals surface area contributed by atoms with Gasteiger partial charge in [-0.1, -0.05) is 31.4 Å². The molecule has 2 aliphatic rings. The van der Waals surface area contributed by atoms with Crippen molar-refractivity contribution in [3.63, 3.8) is 0 Å². The van der Waals surface area contributed by atoms with Crippen LogP contribution in [0.1, 0.15) is 43.7 Å². The van der Waals surface area contributed by atoms with Crippen LogP contribution in [0.15, 0.2) is 12.1 Å². The smallest absolute Gasteiger partial charge is 0.189 e. The Hall–Kier alpha value is -0.770. The number of halogens is 1. The van der Waals surface area contributed by atoms with Crippen molar-refractivity contribution < 1.29 is 9.47 Å². The maximum Gasteiger partial charge on any atom is 0.189 e. The fourth-order valence-corrected chi connectivity index (χ4v) is 3.98. The van der Waals surface area contributed by atoms with Crippen LogP contribution in [0, 0.1) is 5.92 Å².